The van der Waals surface area contributed by atoms with Gasteiger partial charge in [0.05, 0.1) is 11.4 Å². The Balaban J connectivity index is 1.87. The molecular formula is C19H20N4O4. The van der Waals surface area contributed by atoms with Crippen molar-refractivity contribution in [1.29, 1.82) is 0 Å². The summed E-state index contributed by atoms with van der Waals surface area (Å²) in [5, 5.41) is 26.7. The van der Waals surface area contributed by atoms with E-state index in [0.717, 1.165) is 0 Å². The molecule has 0 unspecified atom stereocenters. The summed E-state index contributed by atoms with van der Waals surface area (Å²) in [6, 6.07) is 12.9. The van der Waals surface area contributed by atoms with Gasteiger partial charge in [0.1, 0.15) is 17.9 Å². The zero-order valence-electron chi connectivity index (χ0n) is 14.9. The molecule has 0 aliphatic heterocycles. The predicted molar refractivity (Wildman–Crippen MR) is 102 cm³/mol. The number of hydrazone groups is 2. The molecule has 0 aromatic heterocycles. The first-order chi connectivity index (χ1) is 12.8. The van der Waals surface area contributed by atoms with Crippen LogP contribution >= 0.6 is 0 Å². The molecule has 140 valence electrons. The second-order valence-corrected chi connectivity index (χ2v) is 5.74. The number of phenols is 2. The summed E-state index contributed by atoms with van der Waals surface area (Å²) >= 11 is 0. The van der Waals surface area contributed by atoms with Crippen LogP contribution in [0.3, 0.4) is 0 Å². The maximum atomic E-state index is 11.8. The maximum Gasteiger partial charge on any atom is 0.249 e. The number of rotatable bonds is 6. The lowest BCUT2D eigenvalue weighted by molar-refractivity contribution is -0.129. The van der Waals surface area contributed by atoms with E-state index in [2.05, 4.69) is 21.1 Å². The lowest BCUT2D eigenvalue weighted by Gasteiger charge is -2.04. The van der Waals surface area contributed by atoms with Crippen LogP contribution in [-0.4, -0.2) is 33.5 Å². The van der Waals surface area contributed by atoms with Gasteiger partial charge in [-0.15, -0.1) is 0 Å². The number of nitrogens with zero attached hydrogens (tertiary/aromatic N) is 2. The highest BCUT2D eigenvalue weighted by Crippen LogP contribution is 2.12. The maximum absolute atomic E-state index is 11.8. The predicted octanol–water partition coefficient (Wildman–Crippen LogP) is 1.87. The Hall–Kier alpha value is -3.68. The Labute approximate surface area is 156 Å². The summed E-state index contributed by atoms with van der Waals surface area (Å²) in [6.45, 7) is 3.33. The topological polar surface area (TPSA) is 123 Å². The largest absolute Gasteiger partial charge is 0.508 e. The molecule has 0 heterocycles. The Kier molecular flexibility index (Phi) is 6.65. The SMILES string of the molecule is C/C(=N\NC(=O)CC(=O)N/N=C(\C)c1cccc(O)c1)c1cccc(O)c1. The van der Waals surface area contributed by atoms with Crippen LogP contribution in [0.25, 0.3) is 0 Å². The third kappa shape index (κ3) is 6.28. The van der Waals surface area contributed by atoms with Crippen molar-refractivity contribution in [3.05, 3.63) is 59.7 Å². The lowest BCUT2D eigenvalue weighted by atomic mass is 10.1. The van der Waals surface area contributed by atoms with E-state index in [1.54, 1.807) is 38.1 Å². The molecule has 0 spiro atoms. The lowest BCUT2D eigenvalue weighted by Crippen LogP contribution is -2.28. The first-order valence-electron chi connectivity index (χ1n) is 8.10. The van der Waals surface area contributed by atoms with Crippen molar-refractivity contribution < 1.29 is 19.8 Å². The summed E-state index contributed by atoms with van der Waals surface area (Å²) in [6.07, 6.45) is -0.451. The molecule has 0 atom stereocenters. The molecule has 0 bridgehead atoms. The summed E-state index contributed by atoms with van der Waals surface area (Å²) in [5.41, 5.74) is 6.82. The highest BCUT2D eigenvalue weighted by atomic mass is 16.3. The third-order valence-electron chi connectivity index (χ3n) is 3.55. The van der Waals surface area contributed by atoms with Crippen LogP contribution in [0.4, 0.5) is 0 Å². The molecule has 2 aromatic rings. The summed E-state index contributed by atoms with van der Waals surface area (Å²) in [7, 11) is 0. The van der Waals surface area contributed by atoms with Gasteiger partial charge in [0.25, 0.3) is 0 Å². The molecule has 27 heavy (non-hydrogen) atoms. The Morgan fingerprint density at radius 1 is 0.815 bits per heavy atom. The van der Waals surface area contributed by atoms with Gasteiger partial charge in [-0.25, -0.2) is 10.9 Å². The van der Waals surface area contributed by atoms with Gasteiger partial charge < -0.3 is 10.2 Å². The average molecular weight is 368 g/mol. The molecule has 0 radical (unpaired) electrons. The minimum atomic E-state index is -0.600. The third-order valence-corrected chi connectivity index (χ3v) is 3.55. The molecule has 0 saturated carbocycles. The van der Waals surface area contributed by atoms with Crippen LogP contribution in [0.5, 0.6) is 11.5 Å². The van der Waals surface area contributed by atoms with Gasteiger partial charge in [0.15, 0.2) is 0 Å². The second kappa shape index (κ2) is 9.14. The number of hydrogen-bond donors (Lipinski definition) is 4. The van der Waals surface area contributed by atoms with Crippen molar-refractivity contribution in [3.63, 3.8) is 0 Å². The quantitative estimate of drug-likeness (QED) is 0.353. The molecule has 8 nitrogen and oxygen atoms in total. The standard InChI is InChI=1S/C19H20N4O4/c1-12(14-5-3-7-16(24)9-14)20-22-18(26)11-19(27)23-21-13(2)15-6-4-8-17(25)10-15/h3-10,24-25H,11H2,1-2H3,(H,22,26)(H,23,27)/b20-12+,21-13+. The van der Waals surface area contributed by atoms with Gasteiger partial charge in [-0.3, -0.25) is 9.59 Å². The zero-order chi connectivity index (χ0) is 19.8. The highest BCUT2D eigenvalue weighted by Gasteiger charge is 2.09. The van der Waals surface area contributed by atoms with Crippen molar-refractivity contribution in [2.24, 2.45) is 10.2 Å². The second-order valence-electron chi connectivity index (χ2n) is 5.74. The Bertz CT molecular complexity index is 833. The number of carbonyl (C=O) groups is 2. The number of aromatic hydroxyl groups is 2. The monoisotopic (exact) mass is 368 g/mol. The molecular weight excluding hydrogens is 348 g/mol. The van der Waals surface area contributed by atoms with Gasteiger partial charge in [-0.05, 0) is 38.1 Å². The van der Waals surface area contributed by atoms with E-state index in [4.69, 9.17) is 0 Å². The Morgan fingerprint density at radius 2 is 1.22 bits per heavy atom. The van der Waals surface area contributed by atoms with E-state index in [1.165, 1.54) is 24.3 Å². The van der Waals surface area contributed by atoms with Crippen molar-refractivity contribution in [3.8, 4) is 11.5 Å². The van der Waals surface area contributed by atoms with Crippen LogP contribution in [0.15, 0.2) is 58.7 Å². The number of benzene rings is 2. The van der Waals surface area contributed by atoms with E-state index in [9.17, 15) is 19.8 Å². The van der Waals surface area contributed by atoms with Crippen LogP contribution < -0.4 is 10.9 Å². The number of carbonyl (C=O) groups excluding carboxylic acids is 2. The Morgan fingerprint density at radius 3 is 1.59 bits per heavy atom. The zero-order valence-corrected chi connectivity index (χ0v) is 14.9. The van der Waals surface area contributed by atoms with Gasteiger partial charge in [0.2, 0.25) is 11.8 Å². The molecule has 0 fully saturated rings. The fourth-order valence-corrected chi connectivity index (χ4v) is 2.11. The smallest absolute Gasteiger partial charge is 0.249 e. The molecule has 0 aliphatic carbocycles. The minimum Gasteiger partial charge on any atom is -0.508 e. The van der Waals surface area contributed by atoms with Gasteiger partial charge in [-0.1, -0.05) is 24.3 Å². The summed E-state index contributed by atoms with van der Waals surface area (Å²) in [5.74, 6) is -1.02. The van der Waals surface area contributed by atoms with Crippen LogP contribution in [0.1, 0.15) is 31.4 Å². The van der Waals surface area contributed by atoms with E-state index >= 15 is 0 Å². The molecule has 0 saturated heterocycles. The van der Waals surface area contributed by atoms with E-state index in [1.807, 2.05) is 0 Å². The van der Waals surface area contributed by atoms with Gasteiger partial charge in [0, 0.05) is 11.1 Å². The first kappa shape index (κ1) is 19.6. The molecule has 0 aliphatic rings. The number of amides is 2. The number of nitrogens with one attached hydrogen (secondary N) is 2. The number of hydrogen-bond acceptors (Lipinski definition) is 6. The van der Waals surface area contributed by atoms with E-state index in [0.29, 0.717) is 22.6 Å². The van der Waals surface area contributed by atoms with Crippen LogP contribution in [-0.2, 0) is 9.59 Å². The van der Waals surface area contributed by atoms with Gasteiger partial charge in [-0.2, -0.15) is 10.2 Å². The fraction of sp³-hybridized carbons (Fsp3) is 0.158. The number of phenolic OH excluding ortho intramolecular Hbond substituents is 2. The molecule has 2 aromatic carbocycles. The minimum absolute atomic E-state index is 0.0905. The van der Waals surface area contributed by atoms with Crippen molar-refractivity contribution in [1.82, 2.24) is 10.9 Å². The molecule has 4 N–H and O–H groups in total. The van der Waals surface area contributed by atoms with Crippen molar-refractivity contribution in [2.75, 3.05) is 0 Å². The molecule has 8 heteroatoms. The first-order valence-corrected chi connectivity index (χ1v) is 8.10. The van der Waals surface area contributed by atoms with Crippen LogP contribution in [0.2, 0.25) is 0 Å². The average Bonchev–Trinajstić information content (AvgIpc) is 2.64. The van der Waals surface area contributed by atoms with Crippen LogP contribution in [0, 0.1) is 0 Å². The molecule has 2 amide bonds. The summed E-state index contributed by atoms with van der Waals surface area (Å²) in [4.78, 5) is 23.6. The van der Waals surface area contributed by atoms with E-state index in [-0.39, 0.29) is 11.5 Å². The summed E-state index contributed by atoms with van der Waals surface area (Å²) < 4.78 is 0. The molecule has 2 rings (SSSR count). The van der Waals surface area contributed by atoms with Crippen molar-refractivity contribution in [2.45, 2.75) is 20.3 Å². The van der Waals surface area contributed by atoms with E-state index < -0.39 is 18.2 Å². The highest BCUT2D eigenvalue weighted by molar-refractivity contribution is 6.02. The van der Waals surface area contributed by atoms with Crippen molar-refractivity contribution >= 4 is 23.2 Å². The van der Waals surface area contributed by atoms with Gasteiger partial charge >= 0.3 is 0 Å². The normalized spacial score (nSPS) is 11.8. The fourth-order valence-electron chi connectivity index (χ4n) is 2.11.